The number of hydrazine groups is 1. The molecule has 3 fully saturated rings. The molecule has 3 aromatic carbocycles. The molecule has 0 unspecified atom stereocenters. The van der Waals surface area contributed by atoms with Crippen molar-refractivity contribution < 1.29 is 43.3 Å². The lowest BCUT2D eigenvalue weighted by molar-refractivity contribution is -0.143. The van der Waals surface area contributed by atoms with Crippen LogP contribution >= 0.6 is 11.6 Å². The summed E-state index contributed by atoms with van der Waals surface area (Å²) >= 11 is 6.31. The Morgan fingerprint density at radius 1 is 1.00 bits per heavy atom. The second-order valence-corrected chi connectivity index (χ2v) is 13.2. The number of rotatable bonds is 8. The average molecular weight is 688 g/mol. The van der Waals surface area contributed by atoms with Gasteiger partial charge in [-0.05, 0) is 66.8 Å². The third kappa shape index (κ3) is 4.96. The van der Waals surface area contributed by atoms with Crippen molar-refractivity contribution in [3.8, 4) is 11.5 Å². The summed E-state index contributed by atoms with van der Waals surface area (Å²) in [6.45, 7) is -0.276. The molecule has 49 heavy (non-hydrogen) atoms. The zero-order valence-electron chi connectivity index (χ0n) is 26.1. The topological polar surface area (TPSA) is 154 Å². The Kier molecular flexibility index (Phi) is 7.93. The van der Waals surface area contributed by atoms with Crippen LogP contribution in [0, 0.1) is 29.5 Å². The summed E-state index contributed by atoms with van der Waals surface area (Å²) in [5.74, 6) is -8.02. The number of aliphatic carboxylic acids is 1. The van der Waals surface area contributed by atoms with Crippen LogP contribution in [0.4, 0.5) is 10.1 Å². The van der Waals surface area contributed by atoms with Crippen molar-refractivity contribution in [3.63, 3.8) is 0 Å². The largest absolute Gasteiger partial charge is 0.508 e. The highest BCUT2D eigenvalue weighted by Crippen LogP contribution is 2.65. The Bertz CT molecular complexity index is 1930. The molecule has 0 spiro atoms. The van der Waals surface area contributed by atoms with E-state index in [1.165, 1.54) is 43.5 Å². The minimum Gasteiger partial charge on any atom is -0.508 e. The van der Waals surface area contributed by atoms with Gasteiger partial charge < -0.3 is 14.9 Å². The molecule has 7 rings (SSSR count). The number of ether oxygens (including phenoxy) is 1. The summed E-state index contributed by atoms with van der Waals surface area (Å²) in [5.41, 5.74) is 3.15. The maximum Gasteiger partial charge on any atom is 0.305 e. The maximum atomic E-state index is 15.1. The number of imide groups is 2. The number of methoxy groups -OCH3 is 1. The number of amides is 4. The number of nitrogens with one attached hydrogen (secondary N) is 1. The van der Waals surface area contributed by atoms with Crippen LogP contribution in [0.2, 0.25) is 5.02 Å². The minimum absolute atomic E-state index is 0.0183. The molecule has 4 amide bonds. The van der Waals surface area contributed by atoms with Gasteiger partial charge in [0.2, 0.25) is 11.8 Å². The number of carboxylic acid groups (broad SMARTS) is 1. The summed E-state index contributed by atoms with van der Waals surface area (Å²) in [7, 11) is 1.42. The third-order valence-corrected chi connectivity index (χ3v) is 10.7. The number of carboxylic acids is 1. The predicted octanol–water partition coefficient (Wildman–Crippen LogP) is 4.65. The van der Waals surface area contributed by atoms with Crippen LogP contribution in [0.1, 0.15) is 36.3 Å². The van der Waals surface area contributed by atoms with Gasteiger partial charge in [0.15, 0.2) is 0 Å². The van der Waals surface area contributed by atoms with Crippen molar-refractivity contribution in [2.45, 2.75) is 30.6 Å². The molecule has 6 atom stereocenters. The number of allylic oxidation sites excluding steroid dienone is 2. The van der Waals surface area contributed by atoms with E-state index in [1.807, 2.05) is 6.08 Å². The molecular formula is C36H31ClFN3O8. The van der Waals surface area contributed by atoms with Crippen LogP contribution in [-0.2, 0) is 29.4 Å². The number of carbonyl (C=O) groups excluding carboxylic acids is 4. The first kappa shape index (κ1) is 32.3. The minimum atomic E-state index is -1.62. The lowest BCUT2D eigenvalue weighted by Crippen LogP contribution is -2.53. The molecule has 13 heteroatoms. The third-order valence-electron chi connectivity index (χ3n) is 10.4. The zero-order chi connectivity index (χ0) is 34.8. The molecule has 2 heterocycles. The van der Waals surface area contributed by atoms with Crippen molar-refractivity contribution in [1.82, 2.24) is 9.91 Å². The van der Waals surface area contributed by atoms with Gasteiger partial charge in [-0.15, -0.1) is 0 Å². The van der Waals surface area contributed by atoms with E-state index >= 15 is 4.79 Å². The molecular weight excluding hydrogens is 657 g/mol. The number of fused-ring (bicyclic) bond motifs is 4. The number of anilines is 1. The fourth-order valence-corrected chi connectivity index (χ4v) is 8.56. The quantitative estimate of drug-likeness (QED) is 0.227. The molecule has 4 aliphatic rings. The summed E-state index contributed by atoms with van der Waals surface area (Å²) in [6, 6.07) is 16.3. The Morgan fingerprint density at radius 3 is 2.39 bits per heavy atom. The second kappa shape index (κ2) is 12.0. The summed E-state index contributed by atoms with van der Waals surface area (Å²) in [5, 5.41) is 21.0. The number of likely N-dealkylation sites (tertiary alicyclic amines) is 1. The normalized spacial score (nSPS) is 27.4. The first-order valence-electron chi connectivity index (χ1n) is 15.8. The van der Waals surface area contributed by atoms with Crippen LogP contribution in [-0.4, -0.2) is 63.4 Å². The number of aromatic hydroxyl groups is 1. The number of hydrogen-bond donors (Lipinski definition) is 3. The number of hydrogen-bond acceptors (Lipinski definition) is 8. The SMILES string of the molecule is COc1cc(O)ccc1[C@H]1C2=CC[C@@H]3C(=O)N(CCC(=O)O)C(=O)[C@@H]3[C@@H]2C[C@H]2C(=O)N(Nc3ccc(F)cc3)C(=O)[C@@]12c1ccc(Cl)cc1. The van der Waals surface area contributed by atoms with E-state index < -0.39 is 76.8 Å². The van der Waals surface area contributed by atoms with E-state index in [1.54, 1.807) is 30.3 Å². The summed E-state index contributed by atoms with van der Waals surface area (Å²) in [4.78, 5) is 69.6. The van der Waals surface area contributed by atoms with Gasteiger partial charge in [-0.1, -0.05) is 41.4 Å². The molecule has 0 radical (unpaired) electrons. The summed E-state index contributed by atoms with van der Waals surface area (Å²) in [6.07, 6.45) is 1.62. The number of halogens is 2. The molecule has 3 N–H and O–H groups in total. The van der Waals surface area contributed by atoms with Crippen LogP contribution in [0.15, 0.2) is 78.4 Å². The van der Waals surface area contributed by atoms with Gasteiger partial charge in [0, 0.05) is 29.1 Å². The second-order valence-electron chi connectivity index (χ2n) is 12.8. The van der Waals surface area contributed by atoms with Crippen molar-refractivity contribution in [2.24, 2.45) is 23.7 Å². The molecule has 3 aromatic rings. The van der Waals surface area contributed by atoms with Crippen molar-refractivity contribution >= 4 is 46.9 Å². The van der Waals surface area contributed by atoms with Crippen molar-refractivity contribution in [2.75, 3.05) is 19.1 Å². The Balaban J connectivity index is 1.44. The first-order chi connectivity index (χ1) is 23.5. The predicted molar refractivity (Wildman–Crippen MR) is 173 cm³/mol. The van der Waals surface area contributed by atoms with E-state index in [4.69, 9.17) is 16.3 Å². The number of phenols is 1. The van der Waals surface area contributed by atoms with E-state index in [9.17, 15) is 33.8 Å². The highest BCUT2D eigenvalue weighted by atomic mass is 35.5. The first-order valence-corrected chi connectivity index (χ1v) is 16.2. The van der Waals surface area contributed by atoms with Crippen LogP contribution in [0.25, 0.3) is 0 Å². The van der Waals surface area contributed by atoms with Gasteiger partial charge in [-0.25, -0.2) is 4.39 Å². The van der Waals surface area contributed by atoms with E-state index in [2.05, 4.69) is 5.43 Å². The van der Waals surface area contributed by atoms with Crippen LogP contribution in [0.3, 0.4) is 0 Å². The fraction of sp³-hybridized carbons (Fsp3) is 0.306. The number of nitrogens with zero attached hydrogens (tertiary/aromatic N) is 2. The molecule has 2 aliphatic heterocycles. The van der Waals surface area contributed by atoms with Crippen LogP contribution < -0.4 is 10.2 Å². The zero-order valence-corrected chi connectivity index (χ0v) is 26.9. The van der Waals surface area contributed by atoms with Crippen LogP contribution in [0.5, 0.6) is 11.5 Å². The Morgan fingerprint density at radius 2 is 1.71 bits per heavy atom. The smallest absolute Gasteiger partial charge is 0.305 e. The number of benzene rings is 3. The number of phenolic OH excluding ortho intramolecular Hbond substituents is 1. The van der Waals surface area contributed by atoms with Crippen molar-refractivity contribution in [3.05, 3.63) is 100 Å². The Hall–Kier alpha value is -5.23. The molecule has 2 saturated heterocycles. The maximum absolute atomic E-state index is 15.1. The monoisotopic (exact) mass is 687 g/mol. The van der Waals surface area contributed by atoms with Gasteiger partial charge in [0.1, 0.15) is 17.3 Å². The van der Waals surface area contributed by atoms with Crippen molar-refractivity contribution in [1.29, 1.82) is 0 Å². The number of carbonyl (C=O) groups is 5. The van der Waals surface area contributed by atoms with Gasteiger partial charge in [-0.2, -0.15) is 5.01 Å². The standard InChI is InChI=1S/C36H31ClFN3O8/c1-49-28-16-22(42)10-11-24(28)31-23-12-13-25-30(34(47)40(32(25)45)15-14-29(43)44)26(23)17-27-33(46)41(39-21-8-6-20(38)7-9-21)35(48)36(27,31)18-2-4-19(37)5-3-18/h2-12,16,25-27,30-31,39,42H,13-15,17H2,1H3,(H,43,44)/t25-,26+,27-,30-,31+,36+/m0/s1. The lowest BCUT2D eigenvalue weighted by Gasteiger charge is -2.50. The van der Waals surface area contributed by atoms with Gasteiger partial charge >= 0.3 is 5.97 Å². The van der Waals surface area contributed by atoms with E-state index in [0.29, 0.717) is 21.7 Å². The average Bonchev–Trinajstić information content (AvgIpc) is 3.45. The lowest BCUT2D eigenvalue weighted by atomic mass is 9.49. The molecule has 252 valence electrons. The van der Waals surface area contributed by atoms with Gasteiger partial charge in [-0.3, -0.25) is 34.3 Å². The molecule has 2 aliphatic carbocycles. The fourth-order valence-electron chi connectivity index (χ4n) is 8.43. The van der Waals surface area contributed by atoms with Gasteiger partial charge in [0.25, 0.3) is 11.8 Å². The Labute approximate surface area is 284 Å². The highest BCUT2D eigenvalue weighted by molar-refractivity contribution is 6.30. The van der Waals surface area contributed by atoms with E-state index in [-0.39, 0.29) is 36.6 Å². The molecule has 11 nitrogen and oxygen atoms in total. The summed E-state index contributed by atoms with van der Waals surface area (Å²) < 4.78 is 19.5. The molecule has 0 aromatic heterocycles. The molecule has 0 bridgehead atoms. The highest BCUT2D eigenvalue weighted by Gasteiger charge is 2.70. The van der Waals surface area contributed by atoms with E-state index in [0.717, 1.165) is 9.91 Å². The van der Waals surface area contributed by atoms with Gasteiger partial charge in [0.05, 0.1) is 42.4 Å². The molecule has 1 saturated carbocycles.